The lowest BCUT2D eigenvalue weighted by Gasteiger charge is -2.29. The van der Waals surface area contributed by atoms with Crippen molar-refractivity contribution in [2.45, 2.75) is 20.0 Å². The Morgan fingerprint density at radius 1 is 1.28 bits per heavy atom. The lowest BCUT2D eigenvalue weighted by atomic mass is 10.2. The van der Waals surface area contributed by atoms with Crippen molar-refractivity contribution in [3.63, 3.8) is 0 Å². The second kappa shape index (κ2) is 6.46. The Morgan fingerprint density at radius 2 is 1.78 bits per heavy atom. The number of esters is 1. The second-order valence-corrected chi connectivity index (χ2v) is 6.43. The molecule has 1 unspecified atom stereocenters. The van der Waals surface area contributed by atoms with E-state index in [1.807, 2.05) is 21.1 Å². The summed E-state index contributed by atoms with van der Waals surface area (Å²) in [7, 11) is 0.768. The molecular weight excluding hydrogens is 262 g/mol. The van der Waals surface area contributed by atoms with E-state index in [0.29, 0.717) is 11.0 Å². The molecule has 0 saturated heterocycles. The fraction of sp³-hybridized carbons (Fsp3) is 0.900. The number of carbonyl (C=O) groups excluding carboxylic acids is 1. The number of likely N-dealkylation sites (N-methyl/N-ethyl adjacent to an activating group) is 1. The summed E-state index contributed by atoms with van der Waals surface area (Å²) in [5.41, 5.74) is 0. The molecule has 0 aromatic heterocycles. The van der Waals surface area contributed by atoms with Crippen LogP contribution in [0.2, 0.25) is 0 Å². The van der Waals surface area contributed by atoms with Crippen molar-refractivity contribution in [3.8, 4) is 0 Å². The monoisotopic (exact) mass is 283 g/mol. The number of ether oxygens (including phenoxy) is 1. The molecule has 0 spiro atoms. The van der Waals surface area contributed by atoms with E-state index in [-0.39, 0.29) is 5.92 Å². The van der Waals surface area contributed by atoms with Crippen LogP contribution in [0.5, 0.6) is 0 Å². The first-order valence-electron chi connectivity index (χ1n) is 5.52. The number of nitrogens with zero attached hydrogens (tertiary/aromatic N) is 1. The SMILES string of the molecule is CC(C)C(=O)OC(COS(=O)(=O)[O-])C[N+](C)(C)C. The molecule has 0 aliphatic rings. The van der Waals surface area contributed by atoms with Gasteiger partial charge in [-0.15, -0.1) is 0 Å². The van der Waals surface area contributed by atoms with Crippen LogP contribution in [0.15, 0.2) is 0 Å². The summed E-state index contributed by atoms with van der Waals surface area (Å²) in [6.45, 7) is 3.21. The van der Waals surface area contributed by atoms with E-state index >= 15 is 0 Å². The van der Waals surface area contributed by atoms with Crippen LogP contribution in [-0.2, 0) is 24.1 Å². The third kappa shape index (κ3) is 9.34. The topological polar surface area (TPSA) is 92.7 Å². The van der Waals surface area contributed by atoms with Gasteiger partial charge < -0.3 is 13.8 Å². The van der Waals surface area contributed by atoms with Gasteiger partial charge >= 0.3 is 5.97 Å². The lowest BCUT2D eigenvalue weighted by Crippen LogP contribution is -2.45. The molecule has 8 heteroatoms. The quantitative estimate of drug-likeness (QED) is 0.276. The van der Waals surface area contributed by atoms with E-state index in [1.54, 1.807) is 13.8 Å². The number of hydrogen-bond donors (Lipinski definition) is 0. The summed E-state index contributed by atoms with van der Waals surface area (Å²) in [5.74, 6) is -0.788. The van der Waals surface area contributed by atoms with E-state index in [4.69, 9.17) is 4.74 Å². The van der Waals surface area contributed by atoms with Crippen molar-refractivity contribution >= 4 is 16.4 Å². The number of carbonyl (C=O) groups is 1. The highest BCUT2D eigenvalue weighted by Gasteiger charge is 2.24. The molecule has 108 valence electrons. The molecule has 1 atom stereocenters. The maximum absolute atomic E-state index is 11.5. The highest BCUT2D eigenvalue weighted by Crippen LogP contribution is 2.06. The van der Waals surface area contributed by atoms with E-state index in [2.05, 4.69) is 4.18 Å². The van der Waals surface area contributed by atoms with E-state index < -0.39 is 29.1 Å². The molecule has 0 aliphatic heterocycles. The molecule has 0 saturated carbocycles. The fourth-order valence-electron chi connectivity index (χ4n) is 1.19. The minimum atomic E-state index is -4.78. The van der Waals surface area contributed by atoms with Crippen LogP contribution < -0.4 is 0 Å². The molecule has 7 nitrogen and oxygen atoms in total. The molecular formula is C10H21NO6S. The van der Waals surface area contributed by atoms with Crippen LogP contribution in [0.3, 0.4) is 0 Å². The van der Waals surface area contributed by atoms with Crippen molar-refractivity contribution in [3.05, 3.63) is 0 Å². The molecule has 0 amide bonds. The molecule has 18 heavy (non-hydrogen) atoms. The number of quaternary nitrogens is 1. The summed E-state index contributed by atoms with van der Waals surface area (Å²) < 4.78 is 40.9. The molecule has 0 radical (unpaired) electrons. The van der Waals surface area contributed by atoms with Gasteiger partial charge in [0.25, 0.3) is 0 Å². The molecule has 0 heterocycles. The van der Waals surface area contributed by atoms with Gasteiger partial charge in [-0.2, -0.15) is 0 Å². The summed E-state index contributed by atoms with van der Waals surface area (Å²) in [6.07, 6.45) is -0.774. The average molecular weight is 283 g/mol. The van der Waals surface area contributed by atoms with Gasteiger partial charge in [-0.1, -0.05) is 13.8 Å². The summed E-state index contributed by atoms with van der Waals surface area (Å²) in [4.78, 5) is 11.5. The molecule has 0 aromatic rings. The van der Waals surface area contributed by atoms with Crippen LogP contribution in [0.4, 0.5) is 0 Å². The van der Waals surface area contributed by atoms with Crippen LogP contribution in [-0.4, -0.2) is 63.8 Å². The maximum Gasteiger partial charge on any atom is 0.308 e. The summed E-state index contributed by atoms with van der Waals surface area (Å²) in [6, 6.07) is 0. The molecule has 0 rings (SSSR count). The van der Waals surface area contributed by atoms with Crippen molar-refractivity contribution < 1.29 is 31.2 Å². The smallest absolute Gasteiger partial charge is 0.308 e. The Hall–Kier alpha value is -0.700. The van der Waals surface area contributed by atoms with Crippen molar-refractivity contribution in [2.24, 2.45) is 5.92 Å². The molecule has 0 aliphatic carbocycles. The Bertz CT molecular complexity index is 370. The van der Waals surface area contributed by atoms with Crippen molar-refractivity contribution in [2.75, 3.05) is 34.3 Å². The first kappa shape index (κ1) is 17.3. The molecule has 0 N–H and O–H groups in total. The first-order valence-corrected chi connectivity index (χ1v) is 6.85. The first-order chi connectivity index (χ1) is 7.91. The third-order valence-electron chi connectivity index (χ3n) is 1.90. The van der Waals surface area contributed by atoms with Gasteiger partial charge in [0.1, 0.15) is 13.2 Å². The minimum absolute atomic E-state index is 0.330. The fourth-order valence-corrected chi connectivity index (χ4v) is 1.51. The summed E-state index contributed by atoms with van der Waals surface area (Å²) >= 11 is 0. The largest absolute Gasteiger partial charge is 0.726 e. The Balaban J connectivity index is 4.58. The van der Waals surface area contributed by atoms with Crippen molar-refractivity contribution in [1.29, 1.82) is 0 Å². The van der Waals surface area contributed by atoms with Gasteiger partial charge in [0.05, 0.1) is 27.1 Å². The number of rotatable bonds is 7. The van der Waals surface area contributed by atoms with Crippen LogP contribution >= 0.6 is 0 Å². The lowest BCUT2D eigenvalue weighted by molar-refractivity contribution is -0.873. The predicted molar refractivity (Wildman–Crippen MR) is 63.3 cm³/mol. The molecule has 0 aromatic carbocycles. The van der Waals surface area contributed by atoms with Gasteiger partial charge in [0, 0.05) is 0 Å². The maximum atomic E-state index is 11.5. The third-order valence-corrected chi connectivity index (χ3v) is 2.33. The highest BCUT2D eigenvalue weighted by molar-refractivity contribution is 7.80. The Kier molecular flexibility index (Phi) is 6.21. The Morgan fingerprint density at radius 3 is 2.11 bits per heavy atom. The van der Waals surface area contributed by atoms with Gasteiger partial charge in [0.2, 0.25) is 10.4 Å². The summed E-state index contributed by atoms with van der Waals surface area (Å²) in [5, 5.41) is 0. The van der Waals surface area contributed by atoms with E-state index in [0.717, 1.165) is 0 Å². The average Bonchev–Trinajstić information content (AvgIpc) is 2.10. The highest BCUT2D eigenvalue weighted by atomic mass is 32.3. The van der Waals surface area contributed by atoms with Gasteiger partial charge in [-0.25, -0.2) is 8.42 Å². The van der Waals surface area contributed by atoms with Gasteiger partial charge in [-0.05, 0) is 0 Å². The number of hydrogen-bond acceptors (Lipinski definition) is 6. The minimum Gasteiger partial charge on any atom is -0.726 e. The van der Waals surface area contributed by atoms with Gasteiger partial charge in [-0.3, -0.25) is 8.98 Å². The standard InChI is InChI=1S/C10H21NO6S/c1-8(2)10(12)17-9(6-11(3,4)5)7-16-18(13,14)15/h8-9H,6-7H2,1-5H3. The zero-order valence-corrected chi connectivity index (χ0v) is 12.2. The predicted octanol–water partition coefficient (Wildman–Crippen LogP) is -0.263. The molecule has 0 fully saturated rings. The van der Waals surface area contributed by atoms with Crippen LogP contribution in [0.1, 0.15) is 13.8 Å². The van der Waals surface area contributed by atoms with Gasteiger partial charge in [0.15, 0.2) is 6.10 Å². The Labute approximate surface area is 108 Å². The molecule has 0 bridgehead atoms. The van der Waals surface area contributed by atoms with Crippen LogP contribution in [0, 0.1) is 5.92 Å². The van der Waals surface area contributed by atoms with E-state index in [1.165, 1.54) is 0 Å². The second-order valence-electron chi connectivity index (χ2n) is 5.38. The van der Waals surface area contributed by atoms with Crippen molar-refractivity contribution in [1.82, 2.24) is 0 Å². The normalized spacial score (nSPS) is 14.6. The van der Waals surface area contributed by atoms with Crippen LogP contribution in [0.25, 0.3) is 0 Å². The van der Waals surface area contributed by atoms with E-state index in [9.17, 15) is 17.8 Å². The zero-order chi connectivity index (χ0) is 14.6. The zero-order valence-electron chi connectivity index (χ0n) is 11.4.